The van der Waals surface area contributed by atoms with E-state index in [1.807, 2.05) is 0 Å². The number of nitrogens with zero attached hydrogens (tertiary/aromatic N) is 3. The third-order valence-electron chi connectivity index (χ3n) is 5.25. The number of thioether (sulfide) groups is 1. The Morgan fingerprint density at radius 1 is 1.08 bits per heavy atom. The number of carbonyl (C=O) groups is 3. The fraction of sp³-hybridized carbons (Fsp3) is 0.227. The Bertz CT molecular complexity index is 1330. The lowest BCUT2D eigenvalue weighted by atomic mass is 10.2. The van der Waals surface area contributed by atoms with E-state index in [-0.39, 0.29) is 33.7 Å². The first-order valence-corrected chi connectivity index (χ1v) is 12.8. The Morgan fingerprint density at radius 3 is 2.33 bits per heavy atom. The smallest absolute Gasteiger partial charge is 0.339 e. The topological polar surface area (TPSA) is 153 Å². The molecule has 4 rings (SSSR count). The van der Waals surface area contributed by atoms with Gasteiger partial charge in [-0.2, -0.15) is 8.42 Å². The van der Waals surface area contributed by atoms with Crippen molar-refractivity contribution in [2.24, 2.45) is 0 Å². The lowest BCUT2D eigenvalue weighted by Crippen LogP contribution is -2.46. The van der Waals surface area contributed by atoms with Crippen molar-refractivity contribution >= 4 is 50.7 Å². The quantitative estimate of drug-likeness (QED) is 0.224. The van der Waals surface area contributed by atoms with Crippen molar-refractivity contribution in [1.29, 1.82) is 0 Å². The van der Waals surface area contributed by atoms with E-state index in [9.17, 15) is 32.9 Å². The number of morpholine rings is 1. The summed E-state index contributed by atoms with van der Waals surface area (Å²) < 4.78 is 35.1. The van der Waals surface area contributed by atoms with Gasteiger partial charge < -0.3 is 13.8 Å². The van der Waals surface area contributed by atoms with Crippen LogP contribution in [-0.4, -0.2) is 73.0 Å². The predicted molar refractivity (Wildman–Crippen MR) is 127 cm³/mol. The fourth-order valence-electron chi connectivity index (χ4n) is 3.36. The molecule has 0 aliphatic carbocycles. The first-order chi connectivity index (χ1) is 17.1. The van der Waals surface area contributed by atoms with Crippen LogP contribution >= 0.6 is 11.8 Å². The number of rotatable bonds is 7. The Labute approximate surface area is 209 Å². The van der Waals surface area contributed by atoms with Gasteiger partial charge in [0, 0.05) is 25.2 Å². The SMILES string of the molecule is O=C(CN1C(=O)S/C(=C\c2ccc(OS(=O)(=O)c3ccc([N+](=O)[O-])cc3)cc2)C1=O)N1CCOCC1. The second-order valence-electron chi connectivity index (χ2n) is 7.62. The van der Waals surface area contributed by atoms with Gasteiger partial charge in [0.05, 0.1) is 23.0 Å². The summed E-state index contributed by atoms with van der Waals surface area (Å²) in [5.41, 5.74) is 0.244. The van der Waals surface area contributed by atoms with Crippen LogP contribution in [0.15, 0.2) is 58.3 Å². The number of nitro benzene ring substituents is 1. The van der Waals surface area contributed by atoms with Crippen LogP contribution in [-0.2, 0) is 24.4 Å². The van der Waals surface area contributed by atoms with Crippen LogP contribution in [0.25, 0.3) is 6.08 Å². The van der Waals surface area contributed by atoms with Crippen molar-refractivity contribution < 1.29 is 36.6 Å². The summed E-state index contributed by atoms with van der Waals surface area (Å²) in [6, 6.07) is 9.97. The van der Waals surface area contributed by atoms with E-state index in [1.165, 1.54) is 30.3 Å². The van der Waals surface area contributed by atoms with E-state index in [4.69, 9.17) is 8.92 Å². The minimum absolute atomic E-state index is 0.0188. The Balaban J connectivity index is 1.41. The second kappa shape index (κ2) is 10.5. The molecule has 2 aliphatic heterocycles. The highest BCUT2D eigenvalue weighted by Gasteiger charge is 2.37. The van der Waals surface area contributed by atoms with Crippen LogP contribution in [0.1, 0.15) is 5.56 Å². The van der Waals surface area contributed by atoms with E-state index in [1.54, 1.807) is 4.90 Å². The van der Waals surface area contributed by atoms with E-state index in [0.29, 0.717) is 43.6 Å². The monoisotopic (exact) mass is 533 g/mol. The van der Waals surface area contributed by atoms with Gasteiger partial charge in [0.25, 0.3) is 16.8 Å². The molecule has 12 nitrogen and oxygen atoms in total. The van der Waals surface area contributed by atoms with E-state index < -0.39 is 26.2 Å². The summed E-state index contributed by atoms with van der Waals surface area (Å²) in [6.07, 6.45) is 1.46. The van der Waals surface area contributed by atoms with Crippen LogP contribution in [0.5, 0.6) is 5.75 Å². The van der Waals surface area contributed by atoms with Gasteiger partial charge in [0.1, 0.15) is 17.2 Å². The summed E-state index contributed by atoms with van der Waals surface area (Å²) in [5.74, 6) is -0.944. The van der Waals surface area contributed by atoms with E-state index in [2.05, 4.69) is 0 Å². The highest BCUT2D eigenvalue weighted by atomic mass is 32.2. The van der Waals surface area contributed by atoms with Crippen LogP contribution in [0.2, 0.25) is 0 Å². The van der Waals surface area contributed by atoms with Crippen molar-refractivity contribution in [3.63, 3.8) is 0 Å². The molecule has 0 atom stereocenters. The molecule has 2 aliphatic rings. The largest absolute Gasteiger partial charge is 0.379 e. The number of carbonyl (C=O) groups excluding carboxylic acids is 3. The van der Waals surface area contributed by atoms with Crippen molar-refractivity contribution in [2.75, 3.05) is 32.8 Å². The van der Waals surface area contributed by atoms with Crippen molar-refractivity contribution in [2.45, 2.75) is 4.90 Å². The zero-order valence-electron chi connectivity index (χ0n) is 18.6. The standard InChI is InChI=1S/C22H19N3O9S2/c26-20(23-9-11-33-12-10-23)14-24-21(27)19(35-22(24)28)13-15-1-5-17(6-2-15)34-36(31,32)18-7-3-16(4-8-18)25(29)30/h1-8,13H,9-12,14H2/b19-13-. The molecular formula is C22H19N3O9S2. The fourth-order valence-corrected chi connectivity index (χ4v) is 5.13. The number of hydrogen-bond acceptors (Lipinski definition) is 10. The zero-order valence-corrected chi connectivity index (χ0v) is 20.2. The summed E-state index contributed by atoms with van der Waals surface area (Å²) in [7, 11) is -4.23. The third-order valence-corrected chi connectivity index (χ3v) is 7.42. The van der Waals surface area contributed by atoms with Crippen molar-refractivity contribution in [1.82, 2.24) is 9.80 Å². The minimum atomic E-state index is -4.23. The molecule has 14 heteroatoms. The average Bonchev–Trinajstić information content (AvgIpc) is 3.12. The Hall–Kier alpha value is -3.75. The van der Waals surface area contributed by atoms with Crippen LogP contribution in [0.4, 0.5) is 10.5 Å². The van der Waals surface area contributed by atoms with Gasteiger partial charge >= 0.3 is 10.1 Å². The van der Waals surface area contributed by atoms with E-state index in [0.717, 1.165) is 29.2 Å². The average molecular weight is 534 g/mol. The molecule has 0 radical (unpaired) electrons. The molecule has 2 aromatic carbocycles. The highest BCUT2D eigenvalue weighted by Crippen LogP contribution is 2.32. The minimum Gasteiger partial charge on any atom is -0.379 e. The number of amides is 3. The Kier molecular flexibility index (Phi) is 7.37. The number of imide groups is 1. The number of nitro groups is 1. The number of ether oxygens (including phenoxy) is 1. The van der Waals surface area contributed by atoms with Crippen molar-refractivity contribution in [3.8, 4) is 5.75 Å². The van der Waals surface area contributed by atoms with Crippen LogP contribution < -0.4 is 4.18 Å². The molecule has 0 unspecified atom stereocenters. The van der Waals surface area contributed by atoms with Crippen LogP contribution in [0, 0.1) is 10.1 Å². The van der Waals surface area contributed by atoms with Gasteiger partial charge in [-0.25, -0.2) is 0 Å². The summed E-state index contributed by atoms with van der Waals surface area (Å²) in [4.78, 5) is 49.8. The molecule has 2 saturated heterocycles. The molecule has 2 fully saturated rings. The van der Waals surface area contributed by atoms with Gasteiger partial charge in [-0.1, -0.05) is 12.1 Å². The lowest BCUT2D eigenvalue weighted by molar-refractivity contribution is -0.384. The summed E-state index contributed by atoms with van der Waals surface area (Å²) in [5, 5.41) is 10.2. The predicted octanol–water partition coefficient (Wildman–Crippen LogP) is 2.26. The Morgan fingerprint density at radius 2 is 1.72 bits per heavy atom. The lowest BCUT2D eigenvalue weighted by Gasteiger charge is -2.28. The van der Waals surface area contributed by atoms with E-state index >= 15 is 0 Å². The number of hydrogen-bond donors (Lipinski definition) is 0. The molecule has 2 aromatic rings. The third kappa shape index (κ3) is 5.72. The van der Waals surface area contributed by atoms with Gasteiger partial charge in [-0.3, -0.25) is 29.4 Å². The molecule has 0 aromatic heterocycles. The highest BCUT2D eigenvalue weighted by molar-refractivity contribution is 8.18. The maximum atomic E-state index is 12.7. The number of benzene rings is 2. The summed E-state index contributed by atoms with van der Waals surface area (Å²) >= 11 is 0.708. The second-order valence-corrected chi connectivity index (χ2v) is 10.2. The first kappa shape index (κ1) is 25.3. The van der Waals surface area contributed by atoms with Gasteiger partial charge in [-0.15, -0.1) is 0 Å². The van der Waals surface area contributed by atoms with Gasteiger partial charge in [0.2, 0.25) is 5.91 Å². The first-order valence-electron chi connectivity index (χ1n) is 10.5. The van der Waals surface area contributed by atoms with Crippen LogP contribution in [0.3, 0.4) is 0 Å². The molecule has 0 bridgehead atoms. The van der Waals surface area contributed by atoms with Gasteiger partial charge in [-0.05, 0) is 47.7 Å². The molecule has 0 saturated carbocycles. The molecule has 2 heterocycles. The van der Waals surface area contributed by atoms with Crippen molar-refractivity contribution in [3.05, 3.63) is 69.1 Å². The molecular weight excluding hydrogens is 514 g/mol. The normalized spacial score (nSPS) is 17.5. The zero-order chi connectivity index (χ0) is 25.9. The maximum Gasteiger partial charge on any atom is 0.339 e. The molecule has 188 valence electrons. The molecule has 3 amide bonds. The molecule has 0 spiro atoms. The molecule has 0 N–H and O–H groups in total. The maximum absolute atomic E-state index is 12.7. The van der Waals surface area contributed by atoms with Gasteiger partial charge in [0.15, 0.2) is 0 Å². The number of non-ortho nitro benzene ring substituents is 1. The summed E-state index contributed by atoms with van der Waals surface area (Å²) in [6.45, 7) is 1.26. The molecule has 36 heavy (non-hydrogen) atoms.